The SMILES string of the molecule is C=C(CCc1ccccc1)c1ncccn1. The van der Waals surface area contributed by atoms with Crippen molar-refractivity contribution in [3.05, 3.63) is 66.8 Å². The standard InChI is InChI=1S/C14H14N2/c1-12(14-15-10-5-11-16-14)8-9-13-6-3-2-4-7-13/h2-7,10-11H,1,8-9H2. The first-order valence-electron chi connectivity index (χ1n) is 5.35. The van der Waals surface area contributed by atoms with E-state index in [1.54, 1.807) is 12.4 Å². The quantitative estimate of drug-likeness (QED) is 0.774. The normalized spacial score (nSPS) is 10.0. The molecule has 2 heteroatoms. The van der Waals surface area contributed by atoms with Crippen LogP contribution < -0.4 is 0 Å². The van der Waals surface area contributed by atoms with E-state index >= 15 is 0 Å². The number of hydrogen-bond acceptors (Lipinski definition) is 2. The van der Waals surface area contributed by atoms with Crippen LogP contribution in [0.5, 0.6) is 0 Å². The zero-order chi connectivity index (χ0) is 11.2. The summed E-state index contributed by atoms with van der Waals surface area (Å²) in [7, 11) is 0. The Morgan fingerprint density at radius 3 is 2.38 bits per heavy atom. The van der Waals surface area contributed by atoms with Crippen LogP contribution in [0.2, 0.25) is 0 Å². The van der Waals surface area contributed by atoms with E-state index in [1.165, 1.54) is 5.56 Å². The number of rotatable bonds is 4. The van der Waals surface area contributed by atoms with Gasteiger partial charge < -0.3 is 0 Å². The minimum Gasteiger partial charge on any atom is -0.237 e. The summed E-state index contributed by atoms with van der Waals surface area (Å²) in [5, 5.41) is 0. The lowest BCUT2D eigenvalue weighted by atomic mass is 10.1. The molecule has 16 heavy (non-hydrogen) atoms. The lowest BCUT2D eigenvalue weighted by Gasteiger charge is -2.03. The van der Waals surface area contributed by atoms with E-state index in [0.29, 0.717) is 0 Å². The summed E-state index contributed by atoms with van der Waals surface area (Å²) in [6.45, 7) is 4.02. The third-order valence-electron chi connectivity index (χ3n) is 2.44. The zero-order valence-electron chi connectivity index (χ0n) is 9.13. The lowest BCUT2D eigenvalue weighted by Crippen LogP contribution is -1.93. The zero-order valence-corrected chi connectivity index (χ0v) is 9.13. The Morgan fingerprint density at radius 1 is 1.00 bits per heavy atom. The molecular formula is C14H14N2. The summed E-state index contributed by atoms with van der Waals surface area (Å²) in [6, 6.07) is 12.2. The van der Waals surface area contributed by atoms with Gasteiger partial charge in [-0.1, -0.05) is 36.9 Å². The van der Waals surface area contributed by atoms with Gasteiger partial charge in [-0.15, -0.1) is 0 Å². The van der Waals surface area contributed by atoms with E-state index in [0.717, 1.165) is 24.2 Å². The second kappa shape index (κ2) is 5.21. The number of aryl methyl sites for hydroxylation is 1. The fourth-order valence-corrected chi connectivity index (χ4v) is 1.53. The molecule has 1 heterocycles. The highest BCUT2D eigenvalue weighted by Gasteiger charge is 2.01. The fraction of sp³-hybridized carbons (Fsp3) is 0.143. The highest BCUT2D eigenvalue weighted by Crippen LogP contribution is 2.14. The molecule has 0 amide bonds. The Bertz CT molecular complexity index is 449. The molecule has 0 fully saturated rings. The Labute approximate surface area is 95.7 Å². The van der Waals surface area contributed by atoms with Crippen LogP contribution in [0.4, 0.5) is 0 Å². The minimum absolute atomic E-state index is 0.749. The van der Waals surface area contributed by atoms with Gasteiger partial charge in [0, 0.05) is 12.4 Å². The van der Waals surface area contributed by atoms with Crippen molar-refractivity contribution in [3.8, 4) is 0 Å². The highest BCUT2D eigenvalue weighted by atomic mass is 14.9. The maximum Gasteiger partial charge on any atom is 0.154 e. The van der Waals surface area contributed by atoms with Gasteiger partial charge >= 0.3 is 0 Å². The summed E-state index contributed by atoms with van der Waals surface area (Å²) in [4.78, 5) is 8.36. The molecule has 0 saturated heterocycles. The van der Waals surface area contributed by atoms with E-state index < -0.39 is 0 Å². The smallest absolute Gasteiger partial charge is 0.154 e. The monoisotopic (exact) mass is 210 g/mol. The number of benzene rings is 1. The van der Waals surface area contributed by atoms with Crippen LogP contribution >= 0.6 is 0 Å². The van der Waals surface area contributed by atoms with E-state index in [9.17, 15) is 0 Å². The first-order chi connectivity index (χ1) is 7.86. The Balaban J connectivity index is 1.95. The van der Waals surface area contributed by atoms with Gasteiger partial charge in [0.25, 0.3) is 0 Å². The lowest BCUT2D eigenvalue weighted by molar-refractivity contribution is 0.985. The van der Waals surface area contributed by atoms with Gasteiger partial charge in [-0.3, -0.25) is 0 Å². The molecule has 1 aromatic heterocycles. The molecule has 2 rings (SSSR count). The van der Waals surface area contributed by atoms with Gasteiger partial charge in [-0.05, 0) is 30.0 Å². The maximum atomic E-state index is 4.18. The van der Waals surface area contributed by atoms with Crippen molar-refractivity contribution in [2.75, 3.05) is 0 Å². The van der Waals surface area contributed by atoms with Crippen molar-refractivity contribution in [1.82, 2.24) is 9.97 Å². The molecule has 80 valence electrons. The Hall–Kier alpha value is -1.96. The predicted molar refractivity (Wildman–Crippen MR) is 65.8 cm³/mol. The van der Waals surface area contributed by atoms with Crippen molar-refractivity contribution >= 4 is 5.57 Å². The molecule has 0 N–H and O–H groups in total. The topological polar surface area (TPSA) is 25.8 Å². The van der Waals surface area contributed by atoms with Crippen molar-refractivity contribution in [2.45, 2.75) is 12.8 Å². The van der Waals surface area contributed by atoms with Gasteiger partial charge in [-0.2, -0.15) is 0 Å². The van der Waals surface area contributed by atoms with Gasteiger partial charge in [0.15, 0.2) is 5.82 Å². The second-order valence-electron chi connectivity index (χ2n) is 3.66. The molecule has 1 aromatic carbocycles. The summed E-state index contributed by atoms with van der Waals surface area (Å²) in [6.07, 6.45) is 5.37. The summed E-state index contributed by atoms with van der Waals surface area (Å²) < 4.78 is 0. The van der Waals surface area contributed by atoms with Crippen LogP contribution in [-0.4, -0.2) is 9.97 Å². The molecule has 2 aromatic rings. The molecule has 0 aliphatic heterocycles. The average Bonchev–Trinajstić information content (AvgIpc) is 2.38. The third-order valence-corrected chi connectivity index (χ3v) is 2.44. The van der Waals surface area contributed by atoms with Crippen LogP contribution in [0.1, 0.15) is 17.8 Å². The van der Waals surface area contributed by atoms with Gasteiger partial charge in [0.2, 0.25) is 0 Å². The first kappa shape index (κ1) is 10.6. The van der Waals surface area contributed by atoms with Gasteiger partial charge in [0.1, 0.15) is 0 Å². The summed E-state index contributed by atoms with van der Waals surface area (Å²) in [5.41, 5.74) is 2.31. The van der Waals surface area contributed by atoms with Crippen LogP contribution in [-0.2, 0) is 6.42 Å². The fourth-order valence-electron chi connectivity index (χ4n) is 1.53. The van der Waals surface area contributed by atoms with Crippen molar-refractivity contribution in [3.63, 3.8) is 0 Å². The molecule has 0 bridgehead atoms. The largest absolute Gasteiger partial charge is 0.237 e. The molecule has 0 saturated carbocycles. The van der Waals surface area contributed by atoms with E-state index in [-0.39, 0.29) is 0 Å². The maximum absolute atomic E-state index is 4.18. The van der Waals surface area contributed by atoms with Crippen molar-refractivity contribution in [2.24, 2.45) is 0 Å². The number of hydrogen-bond donors (Lipinski definition) is 0. The van der Waals surface area contributed by atoms with E-state index in [2.05, 4.69) is 40.8 Å². The minimum atomic E-state index is 0.749. The molecule has 0 aliphatic rings. The molecule has 0 aliphatic carbocycles. The predicted octanol–water partition coefficient (Wildman–Crippen LogP) is 3.12. The number of allylic oxidation sites excluding steroid dienone is 1. The molecule has 0 unspecified atom stereocenters. The molecular weight excluding hydrogens is 196 g/mol. The summed E-state index contributed by atoms with van der Waals surface area (Å²) in [5.74, 6) is 0.749. The van der Waals surface area contributed by atoms with E-state index in [1.807, 2.05) is 12.1 Å². The Kier molecular flexibility index (Phi) is 3.44. The molecule has 0 radical (unpaired) electrons. The van der Waals surface area contributed by atoms with Gasteiger partial charge in [-0.25, -0.2) is 9.97 Å². The van der Waals surface area contributed by atoms with Crippen LogP contribution in [0, 0.1) is 0 Å². The highest BCUT2D eigenvalue weighted by molar-refractivity contribution is 5.56. The molecule has 2 nitrogen and oxygen atoms in total. The third kappa shape index (κ3) is 2.76. The Morgan fingerprint density at radius 2 is 1.69 bits per heavy atom. The molecule has 0 spiro atoms. The van der Waals surface area contributed by atoms with Crippen LogP contribution in [0.25, 0.3) is 5.57 Å². The number of nitrogens with zero attached hydrogens (tertiary/aromatic N) is 2. The van der Waals surface area contributed by atoms with Crippen molar-refractivity contribution in [1.29, 1.82) is 0 Å². The van der Waals surface area contributed by atoms with Crippen LogP contribution in [0.15, 0.2) is 55.4 Å². The van der Waals surface area contributed by atoms with Gasteiger partial charge in [0.05, 0.1) is 0 Å². The summed E-state index contributed by atoms with van der Waals surface area (Å²) >= 11 is 0. The van der Waals surface area contributed by atoms with Crippen molar-refractivity contribution < 1.29 is 0 Å². The second-order valence-corrected chi connectivity index (χ2v) is 3.66. The average molecular weight is 210 g/mol. The molecule has 0 atom stereocenters. The first-order valence-corrected chi connectivity index (χ1v) is 5.35. The van der Waals surface area contributed by atoms with Crippen LogP contribution in [0.3, 0.4) is 0 Å². The van der Waals surface area contributed by atoms with E-state index in [4.69, 9.17) is 0 Å². The number of aromatic nitrogens is 2.